The first-order chi connectivity index (χ1) is 10.3. The molecule has 1 N–H and O–H groups in total. The van der Waals surface area contributed by atoms with Gasteiger partial charge in [0.25, 0.3) is 5.69 Å². The first-order valence-corrected chi connectivity index (χ1v) is 6.89. The molecular formula is C17H18N2O3. The van der Waals surface area contributed by atoms with E-state index in [1.165, 1.54) is 18.3 Å². The van der Waals surface area contributed by atoms with Gasteiger partial charge in [-0.2, -0.15) is 0 Å². The van der Waals surface area contributed by atoms with Gasteiger partial charge in [-0.15, -0.1) is 0 Å². The summed E-state index contributed by atoms with van der Waals surface area (Å²) in [5.41, 5.74) is 2.06. The topological polar surface area (TPSA) is 75.7 Å². The minimum atomic E-state index is -0.449. The van der Waals surface area contributed by atoms with Gasteiger partial charge in [0.05, 0.1) is 4.92 Å². The number of rotatable bonds is 3. The number of nitrogens with zero attached hydrogens (tertiary/aromatic N) is 2. The third kappa shape index (κ3) is 3.69. The molecule has 0 fully saturated rings. The fourth-order valence-corrected chi connectivity index (χ4v) is 1.96. The molecule has 0 heterocycles. The highest BCUT2D eigenvalue weighted by molar-refractivity contribution is 5.83. The van der Waals surface area contributed by atoms with E-state index in [0.29, 0.717) is 11.3 Å². The smallest absolute Gasteiger partial charge is 0.270 e. The van der Waals surface area contributed by atoms with E-state index in [9.17, 15) is 15.2 Å². The Kier molecular flexibility index (Phi) is 4.26. The Balaban J connectivity index is 2.34. The maximum atomic E-state index is 10.8. The summed E-state index contributed by atoms with van der Waals surface area (Å²) in [4.78, 5) is 14.6. The molecule has 0 amide bonds. The van der Waals surface area contributed by atoms with Gasteiger partial charge in [0, 0.05) is 18.3 Å². The van der Waals surface area contributed by atoms with Crippen molar-refractivity contribution in [3.63, 3.8) is 0 Å². The van der Waals surface area contributed by atoms with E-state index in [-0.39, 0.29) is 16.9 Å². The van der Waals surface area contributed by atoms with E-state index in [1.807, 2.05) is 12.1 Å². The van der Waals surface area contributed by atoms with Crippen LogP contribution in [0.4, 0.5) is 11.4 Å². The van der Waals surface area contributed by atoms with Crippen molar-refractivity contribution < 1.29 is 10.0 Å². The Morgan fingerprint density at radius 2 is 1.91 bits per heavy atom. The quantitative estimate of drug-likeness (QED) is 0.520. The number of nitro benzene ring substituents is 1. The number of hydrogen-bond donors (Lipinski definition) is 1. The molecule has 2 aromatic carbocycles. The molecule has 0 radical (unpaired) electrons. The second-order valence-corrected chi connectivity index (χ2v) is 6.06. The van der Waals surface area contributed by atoms with Crippen LogP contribution in [0.25, 0.3) is 0 Å². The SMILES string of the molecule is CC(C)(C)c1ccc(O)c(N=Cc2cccc([N+](=O)[O-])c2)c1. The molecule has 5 nitrogen and oxygen atoms in total. The number of phenols is 1. The minimum Gasteiger partial charge on any atom is -0.506 e. The Hall–Kier alpha value is -2.69. The second kappa shape index (κ2) is 5.97. The number of aromatic hydroxyl groups is 1. The van der Waals surface area contributed by atoms with E-state index in [2.05, 4.69) is 25.8 Å². The van der Waals surface area contributed by atoms with Crippen molar-refractivity contribution in [2.24, 2.45) is 4.99 Å². The highest BCUT2D eigenvalue weighted by Crippen LogP contribution is 2.32. The zero-order valence-electron chi connectivity index (χ0n) is 12.8. The van der Waals surface area contributed by atoms with Crippen LogP contribution < -0.4 is 0 Å². The molecule has 0 atom stereocenters. The maximum absolute atomic E-state index is 10.8. The maximum Gasteiger partial charge on any atom is 0.270 e. The van der Waals surface area contributed by atoms with Gasteiger partial charge < -0.3 is 5.11 Å². The van der Waals surface area contributed by atoms with Gasteiger partial charge in [-0.25, -0.2) is 0 Å². The Bertz CT molecular complexity index is 731. The molecule has 0 aliphatic rings. The third-order valence-electron chi connectivity index (χ3n) is 3.28. The third-order valence-corrected chi connectivity index (χ3v) is 3.28. The zero-order valence-corrected chi connectivity index (χ0v) is 12.8. The molecule has 0 aliphatic heterocycles. The Morgan fingerprint density at radius 1 is 1.18 bits per heavy atom. The second-order valence-electron chi connectivity index (χ2n) is 6.06. The lowest BCUT2D eigenvalue weighted by molar-refractivity contribution is -0.384. The molecule has 5 heteroatoms. The van der Waals surface area contributed by atoms with E-state index < -0.39 is 4.92 Å². The molecule has 0 saturated carbocycles. The van der Waals surface area contributed by atoms with Crippen LogP contribution in [-0.4, -0.2) is 16.2 Å². The first kappa shape index (κ1) is 15.7. The highest BCUT2D eigenvalue weighted by Gasteiger charge is 2.15. The summed E-state index contributed by atoms with van der Waals surface area (Å²) in [6.07, 6.45) is 1.51. The fourth-order valence-electron chi connectivity index (χ4n) is 1.96. The lowest BCUT2D eigenvalue weighted by Gasteiger charge is -2.19. The highest BCUT2D eigenvalue weighted by atomic mass is 16.6. The average Bonchev–Trinajstić information content (AvgIpc) is 2.45. The number of nitro groups is 1. The zero-order chi connectivity index (χ0) is 16.3. The summed E-state index contributed by atoms with van der Waals surface area (Å²) in [5.74, 6) is 0.0784. The van der Waals surface area contributed by atoms with Crippen LogP contribution in [0.3, 0.4) is 0 Å². The summed E-state index contributed by atoms with van der Waals surface area (Å²) < 4.78 is 0. The van der Waals surface area contributed by atoms with Crippen LogP contribution >= 0.6 is 0 Å². The van der Waals surface area contributed by atoms with E-state index >= 15 is 0 Å². The van der Waals surface area contributed by atoms with Crippen molar-refractivity contribution in [1.29, 1.82) is 0 Å². The normalized spacial score (nSPS) is 11.8. The van der Waals surface area contributed by atoms with Crippen molar-refractivity contribution in [2.45, 2.75) is 26.2 Å². The summed E-state index contributed by atoms with van der Waals surface area (Å²) in [7, 11) is 0. The Morgan fingerprint density at radius 3 is 2.55 bits per heavy atom. The van der Waals surface area contributed by atoms with Crippen LogP contribution in [0.5, 0.6) is 5.75 Å². The number of aliphatic imine (C=N–C) groups is 1. The minimum absolute atomic E-state index is 0.0108. The van der Waals surface area contributed by atoms with E-state index in [0.717, 1.165) is 5.56 Å². The van der Waals surface area contributed by atoms with Crippen LogP contribution in [0.2, 0.25) is 0 Å². The summed E-state index contributed by atoms with van der Waals surface area (Å²) >= 11 is 0. The molecule has 2 rings (SSSR count). The summed E-state index contributed by atoms with van der Waals surface area (Å²) in [5, 5.41) is 20.7. The largest absolute Gasteiger partial charge is 0.506 e. The van der Waals surface area contributed by atoms with Gasteiger partial charge in [-0.1, -0.05) is 39.0 Å². The number of benzene rings is 2. The lowest BCUT2D eigenvalue weighted by Crippen LogP contribution is -2.10. The van der Waals surface area contributed by atoms with Gasteiger partial charge in [-0.05, 0) is 28.7 Å². The first-order valence-electron chi connectivity index (χ1n) is 6.89. The molecule has 0 spiro atoms. The number of phenolic OH excluding ortho intramolecular Hbond substituents is 1. The molecular weight excluding hydrogens is 280 g/mol. The van der Waals surface area contributed by atoms with Crippen LogP contribution in [0.1, 0.15) is 31.9 Å². The van der Waals surface area contributed by atoms with Gasteiger partial charge in [0.2, 0.25) is 0 Å². The van der Waals surface area contributed by atoms with Crippen molar-refractivity contribution in [1.82, 2.24) is 0 Å². The molecule has 0 unspecified atom stereocenters. The molecule has 0 aliphatic carbocycles. The van der Waals surface area contributed by atoms with Crippen molar-refractivity contribution in [2.75, 3.05) is 0 Å². The average molecular weight is 298 g/mol. The molecule has 114 valence electrons. The molecule has 22 heavy (non-hydrogen) atoms. The van der Waals surface area contributed by atoms with Gasteiger partial charge in [0.15, 0.2) is 0 Å². The molecule has 0 saturated heterocycles. The lowest BCUT2D eigenvalue weighted by atomic mass is 9.87. The number of hydrogen-bond acceptors (Lipinski definition) is 4. The van der Waals surface area contributed by atoms with Crippen molar-refractivity contribution >= 4 is 17.6 Å². The van der Waals surface area contributed by atoms with Crippen molar-refractivity contribution in [3.8, 4) is 5.75 Å². The Labute approximate surface area is 129 Å². The van der Waals surface area contributed by atoms with Gasteiger partial charge in [0.1, 0.15) is 11.4 Å². The van der Waals surface area contributed by atoms with Crippen LogP contribution in [-0.2, 0) is 5.41 Å². The van der Waals surface area contributed by atoms with Gasteiger partial charge >= 0.3 is 0 Å². The summed E-state index contributed by atoms with van der Waals surface area (Å²) in [6.45, 7) is 6.23. The predicted octanol–water partition coefficient (Wildman–Crippen LogP) is 4.35. The fraction of sp³-hybridized carbons (Fsp3) is 0.235. The summed E-state index contributed by atoms with van der Waals surface area (Å²) in [6, 6.07) is 11.5. The predicted molar refractivity (Wildman–Crippen MR) is 87.2 cm³/mol. The van der Waals surface area contributed by atoms with Crippen LogP contribution in [0, 0.1) is 10.1 Å². The van der Waals surface area contributed by atoms with Crippen molar-refractivity contribution in [3.05, 3.63) is 63.7 Å². The molecule has 0 bridgehead atoms. The molecule has 0 aromatic heterocycles. The van der Waals surface area contributed by atoms with E-state index in [4.69, 9.17) is 0 Å². The molecule has 2 aromatic rings. The standard InChI is InChI=1S/C17H18N2O3/c1-17(2,3)13-7-8-16(20)15(10-13)18-11-12-5-4-6-14(9-12)19(21)22/h4-11,20H,1-3H3. The van der Waals surface area contributed by atoms with E-state index in [1.54, 1.807) is 18.2 Å². The van der Waals surface area contributed by atoms with Crippen LogP contribution in [0.15, 0.2) is 47.5 Å². The monoisotopic (exact) mass is 298 g/mol. The number of non-ortho nitro benzene ring substituents is 1. The van der Waals surface area contributed by atoms with Gasteiger partial charge in [-0.3, -0.25) is 15.1 Å².